The molecule has 1 aromatic heterocycles. The van der Waals surface area contributed by atoms with Crippen molar-refractivity contribution in [3.63, 3.8) is 0 Å². The first-order valence-corrected chi connectivity index (χ1v) is 7.80. The van der Waals surface area contributed by atoms with Crippen molar-refractivity contribution >= 4 is 0 Å². The molecule has 0 aliphatic carbocycles. The Balaban J connectivity index is 2.07. The molecule has 0 saturated carbocycles. The predicted molar refractivity (Wildman–Crippen MR) is 88.5 cm³/mol. The SMILES string of the molecule is Cc1ccc(C(CNCC(C)C)Cc2ccn(C)n2)cc1. The molecule has 3 heteroatoms. The number of benzene rings is 1. The van der Waals surface area contributed by atoms with Crippen LogP contribution in [0, 0.1) is 12.8 Å². The minimum Gasteiger partial charge on any atom is -0.316 e. The van der Waals surface area contributed by atoms with Crippen LogP contribution in [0.25, 0.3) is 0 Å². The fraction of sp³-hybridized carbons (Fsp3) is 0.500. The monoisotopic (exact) mass is 285 g/mol. The van der Waals surface area contributed by atoms with Gasteiger partial charge in [0.25, 0.3) is 0 Å². The van der Waals surface area contributed by atoms with Crippen molar-refractivity contribution in [2.75, 3.05) is 13.1 Å². The molecule has 114 valence electrons. The third-order valence-corrected chi connectivity index (χ3v) is 3.72. The standard InChI is InChI=1S/C18H27N3/c1-14(2)12-19-13-17(11-18-9-10-21(4)20-18)16-7-5-15(3)6-8-16/h5-10,14,17,19H,11-13H2,1-4H3. The van der Waals surface area contributed by atoms with Gasteiger partial charge >= 0.3 is 0 Å². The van der Waals surface area contributed by atoms with Gasteiger partial charge in [-0.05, 0) is 37.4 Å². The van der Waals surface area contributed by atoms with Crippen molar-refractivity contribution in [3.8, 4) is 0 Å². The highest BCUT2D eigenvalue weighted by Gasteiger charge is 2.14. The lowest BCUT2D eigenvalue weighted by Gasteiger charge is -2.18. The van der Waals surface area contributed by atoms with Crippen LogP contribution in [0.5, 0.6) is 0 Å². The third kappa shape index (κ3) is 5.01. The molecule has 0 aliphatic rings. The second-order valence-corrected chi connectivity index (χ2v) is 6.34. The summed E-state index contributed by atoms with van der Waals surface area (Å²) in [4.78, 5) is 0. The second kappa shape index (κ2) is 7.41. The molecule has 0 spiro atoms. The summed E-state index contributed by atoms with van der Waals surface area (Å²) in [5.41, 5.74) is 3.86. The maximum absolute atomic E-state index is 4.53. The maximum atomic E-state index is 4.53. The highest BCUT2D eigenvalue weighted by Crippen LogP contribution is 2.20. The first-order chi connectivity index (χ1) is 10.0. The molecule has 0 saturated heterocycles. The van der Waals surface area contributed by atoms with Crippen LogP contribution in [0.2, 0.25) is 0 Å². The summed E-state index contributed by atoms with van der Waals surface area (Å²) in [5.74, 6) is 1.15. The van der Waals surface area contributed by atoms with E-state index in [0.29, 0.717) is 11.8 Å². The van der Waals surface area contributed by atoms with Crippen molar-refractivity contribution < 1.29 is 0 Å². The van der Waals surface area contributed by atoms with E-state index in [4.69, 9.17) is 0 Å². The zero-order valence-corrected chi connectivity index (χ0v) is 13.6. The van der Waals surface area contributed by atoms with E-state index in [-0.39, 0.29) is 0 Å². The van der Waals surface area contributed by atoms with Crippen molar-refractivity contribution in [2.45, 2.75) is 33.1 Å². The number of hydrogen-bond donors (Lipinski definition) is 1. The molecule has 1 N–H and O–H groups in total. The van der Waals surface area contributed by atoms with Gasteiger partial charge in [0.2, 0.25) is 0 Å². The maximum Gasteiger partial charge on any atom is 0.0631 e. The molecular formula is C18H27N3. The smallest absolute Gasteiger partial charge is 0.0631 e. The van der Waals surface area contributed by atoms with Gasteiger partial charge in [0, 0.05) is 25.7 Å². The molecule has 1 unspecified atom stereocenters. The van der Waals surface area contributed by atoms with Crippen molar-refractivity contribution in [3.05, 3.63) is 53.3 Å². The molecule has 1 aromatic carbocycles. The normalized spacial score (nSPS) is 12.8. The van der Waals surface area contributed by atoms with Gasteiger partial charge in [0.15, 0.2) is 0 Å². The van der Waals surface area contributed by atoms with Crippen molar-refractivity contribution in [2.24, 2.45) is 13.0 Å². The van der Waals surface area contributed by atoms with Crippen LogP contribution in [-0.4, -0.2) is 22.9 Å². The lowest BCUT2D eigenvalue weighted by Crippen LogP contribution is -2.26. The molecule has 0 aliphatic heterocycles. The summed E-state index contributed by atoms with van der Waals surface area (Å²) >= 11 is 0. The number of aryl methyl sites for hydroxylation is 2. The summed E-state index contributed by atoms with van der Waals surface area (Å²) < 4.78 is 1.88. The quantitative estimate of drug-likeness (QED) is 0.846. The van der Waals surface area contributed by atoms with Gasteiger partial charge in [-0.2, -0.15) is 5.10 Å². The van der Waals surface area contributed by atoms with Gasteiger partial charge in [-0.15, -0.1) is 0 Å². The van der Waals surface area contributed by atoms with Gasteiger partial charge < -0.3 is 5.32 Å². The summed E-state index contributed by atoms with van der Waals surface area (Å²) in [5, 5.41) is 8.12. The van der Waals surface area contributed by atoms with Crippen LogP contribution in [0.1, 0.15) is 36.6 Å². The number of nitrogens with one attached hydrogen (secondary N) is 1. The molecule has 2 rings (SSSR count). The highest BCUT2D eigenvalue weighted by atomic mass is 15.2. The van der Waals surface area contributed by atoms with E-state index in [1.807, 2.05) is 17.9 Å². The molecule has 0 radical (unpaired) electrons. The van der Waals surface area contributed by atoms with E-state index in [2.05, 4.69) is 61.5 Å². The Morgan fingerprint density at radius 3 is 2.38 bits per heavy atom. The van der Waals surface area contributed by atoms with E-state index in [1.54, 1.807) is 0 Å². The Morgan fingerprint density at radius 1 is 1.10 bits per heavy atom. The lowest BCUT2D eigenvalue weighted by atomic mass is 9.93. The number of aromatic nitrogens is 2. The zero-order valence-electron chi connectivity index (χ0n) is 13.6. The van der Waals surface area contributed by atoms with E-state index in [9.17, 15) is 0 Å². The van der Waals surface area contributed by atoms with Crippen molar-refractivity contribution in [1.29, 1.82) is 0 Å². The van der Waals surface area contributed by atoms with Gasteiger partial charge in [0.05, 0.1) is 5.69 Å². The third-order valence-electron chi connectivity index (χ3n) is 3.72. The molecule has 1 atom stereocenters. The molecule has 21 heavy (non-hydrogen) atoms. The molecule has 2 aromatic rings. The van der Waals surface area contributed by atoms with Crippen LogP contribution in [0.4, 0.5) is 0 Å². The van der Waals surface area contributed by atoms with Crippen LogP contribution < -0.4 is 5.32 Å². The molecule has 0 fully saturated rings. The van der Waals surface area contributed by atoms with E-state index in [0.717, 1.165) is 25.2 Å². The first kappa shape index (κ1) is 15.8. The summed E-state index contributed by atoms with van der Waals surface area (Å²) in [6, 6.07) is 11.0. The molecular weight excluding hydrogens is 258 g/mol. The van der Waals surface area contributed by atoms with Gasteiger partial charge in [-0.1, -0.05) is 43.7 Å². The Hall–Kier alpha value is -1.61. The Labute approximate surface area is 128 Å². The summed E-state index contributed by atoms with van der Waals surface area (Å²) in [6.07, 6.45) is 3.00. The van der Waals surface area contributed by atoms with Crippen molar-refractivity contribution in [1.82, 2.24) is 15.1 Å². The number of nitrogens with zero attached hydrogens (tertiary/aromatic N) is 2. The van der Waals surface area contributed by atoms with Gasteiger partial charge in [-0.25, -0.2) is 0 Å². The average molecular weight is 285 g/mol. The summed E-state index contributed by atoms with van der Waals surface area (Å²) in [7, 11) is 1.97. The zero-order chi connectivity index (χ0) is 15.2. The van der Waals surface area contributed by atoms with Crippen LogP contribution >= 0.6 is 0 Å². The van der Waals surface area contributed by atoms with E-state index in [1.165, 1.54) is 11.1 Å². The average Bonchev–Trinajstić information content (AvgIpc) is 2.84. The first-order valence-electron chi connectivity index (χ1n) is 7.80. The van der Waals surface area contributed by atoms with E-state index >= 15 is 0 Å². The fourth-order valence-electron chi connectivity index (χ4n) is 2.52. The summed E-state index contributed by atoms with van der Waals surface area (Å²) in [6.45, 7) is 8.68. The van der Waals surface area contributed by atoms with Gasteiger partial charge in [0.1, 0.15) is 0 Å². The minimum absolute atomic E-state index is 0.472. The Bertz CT molecular complexity index is 540. The molecule has 3 nitrogen and oxygen atoms in total. The molecule has 0 amide bonds. The number of hydrogen-bond acceptors (Lipinski definition) is 2. The highest BCUT2D eigenvalue weighted by molar-refractivity contribution is 5.26. The second-order valence-electron chi connectivity index (χ2n) is 6.34. The molecule has 0 bridgehead atoms. The van der Waals surface area contributed by atoms with Crippen LogP contribution in [0.15, 0.2) is 36.5 Å². The van der Waals surface area contributed by atoms with Gasteiger partial charge in [-0.3, -0.25) is 4.68 Å². The Morgan fingerprint density at radius 2 is 1.81 bits per heavy atom. The minimum atomic E-state index is 0.472. The largest absolute Gasteiger partial charge is 0.316 e. The molecule has 1 heterocycles. The number of rotatable bonds is 7. The lowest BCUT2D eigenvalue weighted by molar-refractivity contribution is 0.511. The fourth-order valence-corrected chi connectivity index (χ4v) is 2.52. The Kier molecular flexibility index (Phi) is 5.57. The topological polar surface area (TPSA) is 29.9 Å². The van der Waals surface area contributed by atoms with Crippen LogP contribution in [0.3, 0.4) is 0 Å². The van der Waals surface area contributed by atoms with Crippen LogP contribution in [-0.2, 0) is 13.5 Å². The predicted octanol–water partition coefficient (Wildman–Crippen LogP) is 3.30. The van der Waals surface area contributed by atoms with E-state index < -0.39 is 0 Å².